The van der Waals surface area contributed by atoms with Gasteiger partial charge in [0.2, 0.25) is 0 Å². The van der Waals surface area contributed by atoms with Gasteiger partial charge in [-0.2, -0.15) is 18.2 Å². The van der Waals surface area contributed by atoms with E-state index in [9.17, 15) is 10.1 Å². The van der Waals surface area contributed by atoms with E-state index in [1.807, 2.05) is 30.3 Å². The van der Waals surface area contributed by atoms with Crippen molar-refractivity contribution in [3.8, 4) is 11.1 Å². The molecule has 2 aromatic carbocycles. The van der Waals surface area contributed by atoms with Gasteiger partial charge in [0.05, 0.1) is 0 Å². The van der Waals surface area contributed by atoms with Gasteiger partial charge in [-0.3, -0.25) is 10.1 Å². The summed E-state index contributed by atoms with van der Waals surface area (Å²) in [5.74, 6) is 0. The molecule has 0 bridgehead atoms. The molecule has 17 heavy (non-hydrogen) atoms. The molecule has 0 unspecified atom stereocenters. The first-order valence-electron chi connectivity index (χ1n) is 4.49. The summed E-state index contributed by atoms with van der Waals surface area (Å²) < 4.78 is 0. The van der Waals surface area contributed by atoms with E-state index in [0.29, 0.717) is 5.56 Å². The van der Waals surface area contributed by atoms with Crippen molar-refractivity contribution in [2.45, 2.75) is 0 Å². The third-order valence-electron chi connectivity index (χ3n) is 2.12. The fourth-order valence-corrected chi connectivity index (χ4v) is 1.43. The third-order valence-corrected chi connectivity index (χ3v) is 2.12. The van der Waals surface area contributed by atoms with Crippen LogP contribution in [-0.2, 0) is 0 Å². The smallest absolute Gasteiger partial charge is 1.00 e. The van der Waals surface area contributed by atoms with Gasteiger partial charge in [0, 0.05) is 4.92 Å². The topological polar surface area (TPSA) is 43.1 Å². The van der Waals surface area contributed by atoms with Gasteiger partial charge in [-0.25, -0.2) is 0 Å². The molecule has 0 aliphatic heterocycles. The van der Waals surface area contributed by atoms with Crippen LogP contribution in [-0.4, -0.2) is 28.0 Å². The number of rotatable bonds is 2. The van der Waals surface area contributed by atoms with Gasteiger partial charge in [-0.1, -0.05) is 42.0 Å². The third kappa shape index (κ3) is 3.80. The normalized spacial score (nSPS) is 8.71. The van der Waals surface area contributed by atoms with Crippen LogP contribution >= 0.6 is 0 Å². The zero-order valence-corrected chi connectivity index (χ0v) is 12.0. The first-order chi connectivity index (χ1) is 7.29. The number of hydrogen-bond donors (Lipinski definition) is 0. The van der Waals surface area contributed by atoms with E-state index < -0.39 is 4.92 Å². The van der Waals surface area contributed by atoms with E-state index in [2.05, 4.69) is 6.07 Å². The second kappa shape index (κ2) is 7.42. The molecule has 0 aliphatic rings. The molecule has 0 spiro atoms. The predicted molar refractivity (Wildman–Crippen MR) is 63.1 cm³/mol. The quantitative estimate of drug-likeness (QED) is 0.330. The molecule has 5 heteroatoms. The molecule has 82 valence electrons. The Morgan fingerprint density at radius 1 is 1.12 bits per heavy atom. The van der Waals surface area contributed by atoms with E-state index in [0.717, 1.165) is 5.56 Å². The Morgan fingerprint density at radius 2 is 1.76 bits per heavy atom. The first kappa shape index (κ1) is 16.1. The zero-order chi connectivity index (χ0) is 10.7. The number of nitro groups is 1. The molecule has 0 N–H and O–H groups in total. The minimum atomic E-state index is -0.390. The van der Waals surface area contributed by atoms with Gasteiger partial charge in [0.1, 0.15) is 0 Å². The molecule has 0 heterocycles. The number of hydrogen-bond acceptors (Lipinski definition) is 2. The van der Waals surface area contributed by atoms with Crippen molar-refractivity contribution in [2.75, 3.05) is 0 Å². The summed E-state index contributed by atoms with van der Waals surface area (Å²) in [7, 11) is 0. The molecule has 0 aromatic heterocycles. The predicted octanol–water partition coefficient (Wildman–Crippen LogP) is -0.315. The van der Waals surface area contributed by atoms with Crippen LogP contribution < -0.4 is 17.0 Å². The minimum absolute atomic E-state index is 0. The maximum absolute atomic E-state index is 10.8. The van der Waals surface area contributed by atoms with Crippen molar-refractivity contribution < 1.29 is 21.9 Å². The first-order valence-corrected chi connectivity index (χ1v) is 4.49. The summed E-state index contributed by atoms with van der Waals surface area (Å²) in [5.41, 5.74) is 1.56. The van der Waals surface area contributed by atoms with Crippen LogP contribution in [0.3, 0.4) is 0 Å². The molecular formula is C12H8BrMgNO2. The van der Waals surface area contributed by atoms with Crippen molar-refractivity contribution in [3.05, 3.63) is 64.7 Å². The number of benzene rings is 2. The molecule has 3 nitrogen and oxygen atoms in total. The van der Waals surface area contributed by atoms with E-state index in [-0.39, 0.29) is 45.7 Å². The summed E-state index contributed by atoms with van der Waals surface area (Å²) in [6, 6.07) is 16.8. The standard InChI is InChI=1S/C12H8NO2.BrH.Mg/c14-13(15)12-9-5-4-8-11(12)10-6-2-1-3-7-10;;/h1-4,6-9H;1H;/q-1;;+2/p-1. The van der Waals surface area contributed by atoms with Gasteiger partial charge in [0.15, 0.2) is 5.69 Å². The monoisotopic (exact) mass is 301 g/mol. The van der Waals surface area contributed by atoms with E-state index >= 15 is 0 Å². The van der Waals surface area contributed by atoms with Crippen molar-refractivity contribution in [1.82, 2.24) is 0 Å². The van der Waals surface area contributed by atoms with Crippen LogP contribution in [0.5, 0.6) is 0 Å². The molecule has 0 atom stereocenters. The van der Waals surface area contributed by atoms with Gasteiger partial charge < -0.3 is 17.0 Å². The summed E-state index contributed by atoms with van der Waals surface area (Å²) in [6.07, 6.45) is 0. The van der Waals surface area contributed by atoms with Crippen LogP contribution in [0.2, 0.25) is 0 Å². The Hall–Kier alpha value is -0.914. The Morgan fingerprint density at radius 3 is 2.35 bits per heavy atom. The van der Waals surface area contributed by atoms with Crippen molar-refractivity contribution in [1.29, 1.82) is 0 Å². The van der Waals surface area contributed by atoms with Crippen LogP contribution in [0.1, 0.15) is 0 Å². The molecule has 2 aromatic rings. The average molecular weight is 302 g/mol. The number of nitrogens with zero attached hydrogens (tertiary/aromatic N) is 1. The van der Waals surface area contributed by atoms with Crippen LogP contribution in [0, 0.1) is 16.2 Å². The summed E-state index contributed by atoms with van der Waals surface area (Å²) in [4.78, 5) is 10.4. The van der Waals surface area contributed by atoms with Crippen LogP contribution in [0.15, 0.2) is 48.5 Å². The number of halogens is 1. The molecule has 0 saturated carbocycles. The Kier molecular flexibility index (Phi) is 7.02. The number of nitro benzene ring substituents is 1. The average Bonchev–Trinajstić information content (AvgIpc) is 2.30. The SMILES string of the molecule is O=[N+]([O-])c1c[c-]ccc1-c1ccccc1.[Br-].[Mg+2]. The van der Waals surface area contributed by atoms with Gasteiger partial charge in [0.25, 0.3) is 0 Å². The summed E-state index contributed by atoms with van der Waals surface area (Å²) >= 11 is 0. The molecule has 0 aliphatic carbocycles. The molecular weight excluding hydrogens is 294 g/mol. The second-order valence-corrected chi connectivity index (χ2v) is 3.07. The summed E-state index contributed by atoms with van der Waals surface area (Å²) in [6.45, 7) is 0. The van der Waals surface area contributed by atoms with Crippen molar-refractivity contribution in [2.24, 2.45) is 0 Å². The van der Waals surface area contributed by atoms with E-state index in [4.69, 9.17) is 0 Å². The van der Waals surface area contributed by atoms with Crippen LogP contribution in [0.25, 0.3) is 11.1 Å². The zero-order valence-electron chi connectivity index (χ0n) is 8.97. The molecule has 0 amide bonds. The molecule has 2 rings (SSSR count). The maximum atomic E-state index is 10.8. The summed E-state index contributed by atoms with van der Waals surface area (Å²) in [5, 5.41) is 10.8. The minimum Gasteiger partial charge on any atom is -1.00 e. The Balaban J connectivity index is 0.00000128. The molecule has 0 fully saturated rings. The molecule has 0 radical (unpaired) electrons. The Bertz CT molecular complexity index is 491. The maximum Gasteiger partial charge on any atom is 2.00 e. The van der Waals surface area contributed by atoms with Crippen LogP contribution in [0.4, 0.5) is 5.69 Å². The van der Waals surface area contributed by atoms with E-state index in [1.165, 1.54) is 6.07 Å². The van der Waals surface area contributed by atoms with Gasteiger partial charge >= 0.3 is 23.1 Å². The van der Waals surface area contributed by atoms with Crippen molar-refractivity contribution in [3.63, 3.8) is 0 Å². The molecule has 0 saturated heterocycles. The van der Waals surface area contributed by atoms with E-state index in [1.54, 1.807) is 12.1 Å². The second-order valence-electron chi connectivity index (χ2n) is 3.07. The fourth-order valence-electron chi connectivity index (χ4n) is 1.43. The van der Waals surface area contributed by atoms with Crippen molar-refractivity contribution >= 4 is 28.7 Å². The van der Waals surface area contributed by atoms with Gasteiger partial charge in [-0.05, 0) is 5.56 Å². The fraction of sp³-hybridized carbons (Fsp3) is 0. The van der Waals surface area contributed by atoms with Gasteiger partial charge in [-0.15, -0.1) is 0 Å². The largest absolute Gasteiger partial charge is 2.00 e. The Labute approximate surface area is 126 Å².